The van der Waals surface area contributed by atoms with Crippen LogP contribution in [0.25, 0.3) is 23.9 Å². The maximum atomic E-state index is 11.9. The Morgan fingerprint density at radius 2 is 1.87 bits per heavy atom. The molecule has 3 aromatic rings. The summed E-state index contributed by atoms with van der Waals surface area (Å²) < 4.78 is 7.97. The number of carboxylic acids is 1. The minimum atomic E-state index is -1.14. The molecule has 154 valence electrons. The van der Waals surface area contributed by atoms with E-state index in [0.29, 0.717) is 18.5 Å². The molecule has 0 bridgehead atoms. The SMILES string of the molecule is C=c1c2ccccc2c(=C)n1CC1Cc2c(sc(NC(=O)C(C)=O)c2C(=O)O)CO1. The van der Waals surface area contributed by atoms with E-state index in [1.165, 1.54) is 0 Å². The molecule has 8 heteroatoms. The molecule has 30 heavy (non-hydrogen) atoms. The zero-order valence-electron chi connectivity index (χ0n) is 16.4. The van der Waals surface area contributed by atoms with E-state index >= 15 is 0 Å². The van der Waals surface area contributed by atoms with Gasteiger partial charge in [-0.1, -0.05) is 37.4 Å². The lowest BCUT2D eigenvalue weighted by Crippen LogP contribution is -2.35. The Kier molecular flexibility index (Phi) is 5.05. The molecule has 1 atom stereocenters. The van der Waals surface area contributed by atoms with E-state index in [1.54, 1.807) is 0 Å². The third-order valence-electron chi connectivity index (χ3n) is 5.32. The number of amides is 1. The van der Waals surface area contributed by atoms with Crippen molar-refractivity contribution in [3.63, 3.8) is 0 Å². The summed E-state index contributed by atoms with van der Waals surface area (Å²) >= 11 is 1.13. The number of benzene rings is 1. The summed E-state index contributed by atoms with van der Waals surface area (Å²) in [7, 11) is 0. The Morgan fingerprint density at radius 3 is 2.43 bits per heavy atom. The summed E-state index contributed by atoms with van der Waals surface area (Å²) in [4.78, 5) is 35.7. The van der Waals surface area contributed by atoms with E-state index in [0.717, 1.165) is 44.6 Å². The second-order valence-corrected chi connectivity index (χ2v) is 8.32. The molecule has 1 aliphatic heterocycles. The number of aromatic nitrogens is 1. The van der Waals surface area contributed by atoms with Gasteiger partial charge < -0.3 is 19.7 Å². The number of ketones is 1. The zero-order chi connectivity index (χ0) is 21.6. The van der Waals surface area contributed by atoms with E-state index in [-0.39, 0.29) is 23.3 Å². The summed E-state index contributed by atoms with van der Waals surface area (Å²) in [6.07, 6.45) is 0.0981. The fourth-order valence-electron chi connectivity index (χ4n) is 3.81. The average Bonchev–Trinajstić information content (AvgIpc) is 3.18. The van der Waals surface area contributed by atoms with Gasteiger partial charge in [-0.15, -0.1) is 11.3 Å². The third kappa shape index (κ3) is 3.34. The van der Waals surface area contributed by atoms with Crippen molar-refractivity contribution < 1.29 is 24.2 Å². The predicted octanol–water partition coefficient (Wildman–Crippen LogP) is 1.89. The summed E-state index contributed by atoms with van der Waals surface area (Å²) in [5.41, 5.74) is 0.663. The number of carbonyl (C=O) groups is 3. The summed E-state index contributed by atoms with van der Waals surface area (Å²) in [6, 6.07) is 7.89. The number of hydrogen-bond acceptors (Lipinski definition) is 5. The van der Waals surface area contributed by atoms with Crippen LogP contribution in [0, 0.1) is 0 Å². The number of carbonyl (C=O) groups excluding carboxylic acids is 2. The Balaban J connectivity index is 1.66. The highest BCUT2D eigenvalue weighted by Gasteiger charge is 2.31. The van der Waals surface area contributed by atoms with Gasteiger partial charge in [-0.2, -0.15) is 0 Å². The second kappa shape index (κ2) is 7.55. The monoisotopic (exact) mass is 424 g/mol. The second-order valence-electron chi connectivity index (χ2n) is 7.21. The lowest BCUT2D eigenvalue weighted by Gasteiger charge is -2.24. The molecule has 3 heterocycles. The molecule has 0 fully saturated rings. The first-order valence-electron chi connectivity index (χ1n) is 9.34. The molecule has 7 nitrogen and oxygen atoms in total. The molecule has 1 unspecified atom stereocenters. The highest BCUT2D eigenvalue weighted by Crippen LogP contribution is 2.38. The maximum absolute atomic E-state index is 11.9. The number of rotatable bonds is 5. The minimum absolute atomic E-state index is 0.0280. The van der Waals surface area contributed by atoms with Crippen molar-refractivity contribution in [2.75, 3.05) is 5.32 Å². The van der Waals surface area contributed by atoms with Crippen LogP contribution in [-0.4, -0.2) is 33.4 Å². The lowest BCUT2D eigenvalue weighted by atomic mass is 10.0. The fourth-order valence-corrected chi connectivity index (χ4v) is 4.95. The zero-order valence-corrected chi connectivity index (χ0v) is 17.2. The van der Waals surface area contributed by atoms with E-state index < -0.39 is 17.7 Å². The van der Waals surface area contributed by atoms with Gasteiger partial charge in [0.15, 0.2) is 0 Å². The van der Waals surface area contributed by atoms with Crippen LogP contribution in [0.1, 0.15) is 27.7 Å². The molecule has 2 N–H and O–H groups in total. The Morgan fingerprint density at radius 1 is 1.23 bits per heavy atom. The van der Waals surface area contributed by atoms with Crippen molar-refractivity contribution in [2.24, 2.45) is 0 Å². The van der Waals surface area contributed by atoms with Crippen molar-refractivity contribution in [3.8, 4) is 0 Å². The number of carboxylic acid groups (broad SMARTS) is 1. The van der Waals surface area contributed by atoms with Gasteiger partial charge in [-0.05, 0) is 5.56 Å². The molecule has 1 aromatic carbocycles. The van der Waals surface area contributed by atoms with Crippen LogP contribution in [-0.2, 0) is 33.9 Å². The van der Waals surface area contributed by atoms with Crippen molar-refractivity contribution in [1.82, 2.24) is 4.57 Å². The number of ether oxygens (including phenoxy) is 1. The van der Waals surface area contributed by atoms with E-state index in [4.69, 9.17) is 4.74 Å². The van der Waals surface area contributed by atoms with E-state index in [9.17, 15) is 19.5 Å². The van der Waals surface area contributed by atoms with Gasteiger partial charge in [0.25, 0.3) is 5.91 Å². The van der Waals surface area contributed by atoms with Crippen LogP contribution in [0.15, 0.2) is 24.3 Å². The van der Waals surface area contributed by atoms with Crippen LogP contribution in [0.5, 0.6) is 0 Å². The average molecular weight is 424 g/mol. The van der Waals surface area contributed by atoms with Gasteiger partial charge in [0.2, 0.25) is 5.78 Å². The van der Waals surface area contributed by atoms with E-state index in [2.05, 4.69) is 18.5 Å². The Labute approximate surface area is 175 Å². The van der Waals surface area contributed by atoms with Crippen LogP contribution in [0.4, 0.5) is 5.00 Å². The van der Waals surface area contributed by atoms with Crippen molar-refractivity contribution in [1.29, 1.82) is 0 Å². The number of Topliss-reactive ketones (excluding diaryl/α,β-unsaturated/α-hetero) is 1. The molecule has 4 rings (SSSR count). The van der Waals surface area contributed by atoms with Crippen LogP contribution < -0.4 is 16.0 Å². The number of aromatic carboxylic acids is 1. The standard InChI is InChI=1S/C22H20N2O5S/c1-11-15-6-4-5-7-16(15)12(2)24(11)9-14-8-17-18(10-29-14)30-21(19(17)22(27)28)23-20(26)13(3)25/h4-7,14H,1-2,8-10H2,3H3,(H,23,26)(H,27,28). The number of anilines is 1. The van der Waals surface area contributed by atoms with E-state index in [1.807, 2.05) is 28.8 Å². The first-order chi connectivity index (χ1) is 14.3. The summed E-state index contributed by atoms with van der Waals surface area (Å²) in [6.45, 7) is 10.2. The molecule has 1 aliphatic rings. The highest BCUT2D eigenvalue weighted by atomic mass is 32.1. The quantitative estimate of drug-likeness (QED) is 0.610. The first-order valence-corrected chi connectivity index (χ1v) is 10.2. The van der Waals surface area contributed by atoms with Crippen LogP contribution >= 0.6 is 11.3 Å². The molecular formula is C22H20N2O5S. The number of fused-ring (bicyclic) bond motifs is 2. The van der Waals surface area contributed by atoms with Gasteiger partial charge in [0.05, 0.1) is 18.3 Å². The smallest absolute Gasteiger partial charge is 0.339 e. The van der Waals surface area contributed by atoms with Gasteiger partial charge in [-0.25, -0.2) is 4.79 Å². The number of hydrogen-bond donors (Lipinski definition) is 2. The van der Waals surface area contributed by atoms with Crippen molar-refractivity contribution in [2.45, 2.75) is 32.6 Å². The molecule has 0 spiro atoms. The minimum Gasteiger partial charge on any atom is -0.478 e. The van der Waals surface area contributed by atoms with Gasteiger partial charge in [-0.3, -0.25) is 9.59 Å². The fraction of sp³-hybridized carbons (Fsp3) is 0.227. The lowest BCUT2D eigenvalue weighted by molar-refractivity contribution is -0.133. The Hall–Kier alpha value is -3.23. The highest BCUT2D eigenvalue weighted by molar-refractivity contribution is 7.17. The summed E-state index contributed by atoms with van der Waals surface area (Å²) in [5, 5.41) is 16.0. The molecule has 0 saturated carbocycles. The molecule has 0 radical (unpaired) electrons. The Bertz CT molecular complexity index is 1260. The molecule has 0 aliphatic carbocycles. The number of nitrogens with zero attached hydrogens (tertiary/aromatic N) is 1. The van der Waals surface area contributed by atoms with Crippen LogP contribution in [0.3, 0.4) is 0 Å². The maximum Gasteiger partial charge on any atom is 0.339 e. The van der Waals surface area contributed by atoms with Crippen LogP contribution in [0.2, 0.25) is 0 Å². The molecule has 1 amide bonds. The topological polar surface area (TPSA) is 97.6 Å². The third-order valence-corrected chi connectivity index (χ3v) is 6.44. The molecule has 2 aromatic heterocycles. The summed E-state index contributed by atoms with van der Waals surface area (Å²) in [5.74, 6) is -2.66. The number of nitrogens with one attached hydrogen (secondary N) is 1. The molecular weight excluding hydrogens is 404 g/mol. The largest absolute Gasteiger partial charge is 0.478 e. The normalized spacial score (nSPS) is 15.7. The van der Waals surface area contributed by atoms with Gasteiger partial charge in [0, 0.05) is 46.2 Å². The predicted molar refractivity (Wildman–Crippen MR) is 115 cm³/mol. The number of thiophene rings is 1. The molecule has 0 saturated heterocycles. The van der Waals surface area contributed by atoms with Crippen molar-refractivity contribution >= 4 is 57.9 Å². The van der Waals surface area contributed by atoms with Crippen molar-refractivity contribution in [3.05, 3.63) is 51.0 Å². The van der Waals surface area contributed by atoms with Gasteiger partial charge in [0.1, 0.15) is 5.00 Å². The first kappa shape index (κ1) is 20.1. The van der Waals surface area contributed by atoms with Gasteiger partial charge >= 0.3 is 5.97 Å².